The van der Waals surface area contributed by atoms with Gasteiger partial charge in [-0.05, 0) is 38.5 Å². The molecule has 1 aromatic rings. The standard InChI is InChI=1S/C12H15BrN2OS/c13-8-4-3-7-15(11(8)16)12-14-9-5-1-2-6-10(9)17-12/h8H,1-7H2. The number of hydrogen-bond donors (Lipinski definition) is 0. The molecule has 5 heteroatoms. The Balaban J connectivity index is 1.88. The summed E-state index contributed by atoms with van der Waals surface area (Å²) in [6.07, 6.45) is 6.75. The molecule has 2 heterocycles. The Morgan fingerprint density at radius 3 is 2.94 bits per heavy atom. The summed E-state index contributed by atoms with van der Waals surface area (Å²) in [5.74, 6) is 0.183. The zero-order valence-electron chi connectivity index (χ0n) is 9.62. The fourth-order valence-electron chi connectivity index (χ4n) is 2.48. The van der Waals surface area contributed by atoms with Gasteiger partial charge in [0.25, 0.3) is 0 Å². The largest absolute Gasteiger partial charge is 0.287 e. The van der Waals surface area contributed by atoms with E-state index in [1.165, 1.54) is 23.4 Å². The van der Waals surface area contributed by atoms with Gasteiger partial charge in [0.1, 0.15) is 0 Å². The zero-order chi connectivity index (χ0) is 11.8. The van der Waals surface area contributed by atoms with Gasteiger partial charge >= 0.3 is 0 Å². The number of carbonyl (C=O) groups is 1. The highest BCUT2D eigenvalue weighted by Crippen LogP contribution is 2.34. The van der Waals surface area contributed by atoms with Crippen LogP contribution in [0.5, 0.6) is 0 Å². The van der Waals surface area contributed by atoms with Crippen molar-refractivity contribution in [2.75, 3.05) is 11.4 Å². The first-order chi connectivity index (χ1) is 8.25. The minimum atomic E-state index is -0.0165. The first-order valence-electron chi connectivity index (χ1n) is 6.20. The summed E-state index contributed by atoms with van der Waals surface area (Å²) in [5.41, 5.74) is 1.24. The summed E-state index contributed by atoms with van der Waals surface area (Å²) in [7, 11) is 0. The molecule has 1 aliphatic heterocycles. The number of thiazole rings is 1. The van der Waals surface area contributed by atoms with Crippen molar-refractivity contribution in [3.63, 3.8) is 0 Å². The van der Waals surface area contributed by atoms with E-state index in [0.717, 1.165) is 37.4 Å². The van der Waals surface area contributed by atoms with E-state index < -0.39 is 0 Å². The third-order valence-corrected chi connectivity index (χ3v) is 5.47. The number of aromatic nitrogens is 1. The van der Waals surface area contributed by atoms with Gasteiger partial charge in [-0.25, -0.2) is 4.98 Å². The molecule has 17 heavy (non-hydrogen) atoms. The summed E-state index contributed by atoms with van der Waals surface area (Å²) < 4.78 is 0. The predicted octanol–water partition coefficient (Wildman–Crippen LogP) is 2.91. The van der Waals surface area contributed by atoms with Gasteiger partial charge in [-0.2, -0.15) is 0 Å². The second-order valence-corrected chi connectivity index (χ2v) is 6.84. The molecule has 0 spiro atoms. The number of anilines is 1. The quantitative estimate of drug-likeness (QED) is 0.747. The van der Waals surface area contributed by atoms with Crippen molar-refractivity contribution >= 4 is 38.3 Å². The average Bonchev–Trinajstić information content (AvgIpc) is 2.76. The number of fused-ring (bicyclic) bond motifs is 1. The lowest BCUT2D eigenvalue weighted by Crippen LogP contribution is -2.41. The molecular weight excluding hydrogens is 300 g/mol. The van der Waals surface area contributed by atoms with Crippen LogP contribution in [0.15, 0.2) is 0 Å². The molecule has 1 saturated heterocycles. The summed E-state index contributed by atoms with van der Waals surface area (Å²) in [6.45, 7) is 0.827. The number of aryl methyl sites for hydroxylation is 2. The van der Waals surface area contributed by atoms with Crippen LogP contribution in [0.3, 0.4) is 0 Å². The fraction of sp³-hybridized carbons (Fsp3) is 0.667. The third kappa shape index (κ3) is 2.15. The molecular formula is C12H15BrN2OS. The van der Waals surface area contributed by atoms with Crippen molar-refractivity contribution in [3.8, 4) is 0 Å². The van der Waals surface area contributed by atoms with E-state index in [9.17, 15) is 4.79 Å². The van der Waals surface area contributed by atoms with Gasteiger partial charge in [-0.15, -0.1) is 11.3 Å². The van der Waals surface area contributed by atoms with Crippen LogP contribution in [0, 0.1) is 0 Å². The molecule has 2 aliphatic rings. The highest BCUT2D eigenvalue weighted by Gasteiger charge is 2.30. The highest BCUT2D eigenvalue weighted by atomic mass is 79.9. The van der Waals surface area contributed by atoms with Crippen molar-refractivity contribution < 1.29 is 4.79 Å². The fourth-order valence-corrected chi connectivity index (χ4v) is 4.23. The monoisotopic (exact) mass is 314 g/mol. The summed E-state index contributed by atoms with van der Waals surface area (Å²) in [4.78, 5) is 20.0. The van der Waals surface area contributed by atoms with E-state index in [-0.39, 0.29) is 10.7 Å². The van der Waals surface area contributed by atoms with E-state index in [1.54, 1.807) is 11.3 Å². The Hall–Kier alpha value is -0.420. The molecule has 1 atom stereocenters. The van der Waals surface area contributed by atoms with Crippen molar-refractivity contribution in [2.24, 2.45) is 0 Å². The Morgan fingerprint density at radius 2 is 2.12 bits per heavy atom. The van der Waals surface area contributed by atoms with Crippen LogP contribution in [-0.2, 0) is 17.6 Å². The van der Waals surface area contributed by atoms with Gasteiger partial charge < -0.3 is 0 Å². The van der Waals surface area contributed by atoms with Crippen molar-refractivity contribution in [3.05, 3.63) is 10.6 Å². The van der Waals surface area contributed by atoms with Gasteiger partial charge in [0, 0.05) is 11.4 Å². The maximum Gasteiger partial charge on any atom is 0.242 e. The number of hydrogen-bond acceptors (Lipinski definition) is 3. The molecule has 92 valence electrons. The maximum absolute atomic E-state index is 12.1. The Bertz CT molecular complexity index is 422. The first kappa shape index (κ1) is 11.7. The van der Waals surface area contributed by atoms with Crippen LogP contribution in [0.1, 0.15) is 36.3 Å². The minimum Gasteiger partial charge on any atom is -0.287 e. The Kier molecular flexibility index (Phi) is 3.21. The van der Waals surface area contributed by atoms with Crippen LogP contribution in [-0.4, -0.2) is 22.3 Å². The van der Waals surface area contributed by atoms with Crippen LogP contribution < -0.4 is 4.90 Å². The van der Waals surface area contributed by atoms with Crippen molar-refractivity contribution in [1.29, 1.82) is 0 Å². The lowest BCUT2D eigenvalue weighted by Gasteiger charge is -2.27. The predicted molar refractivity (Wildman–Crippen MR) is 73.1 cm³/mol. The molecule has 0 radical (unpaired) electrons. The lowest BCUT2D eigenvalue weighted by atomic mass is 10.0. The molecule has 0 N–H and O–H groups in total. The molecule has 1 aromatic heterocycles. The normalized spacial score (nSPS) is 24.9. The van der Waals surface area contributed by atoms with Crippen LogP contribution in [0.2, 0.25) is 0 Å². The molecule has 0 bridgehead atoms. The van der Waals surface area contributed by atoms with E-state index in [4.69, 9.17) is 0 Å². The van der Waals surface area contributed by atoms with E-state index in [2.05, 4.69) is 20.9 Å². The second-order valence-electron chi connectivity index (χ2n) is 4.67. The van der Waals surface area contributed by atoms with Gasteiger partial charge in [0.2, 0.25) is 5.91 Å². The Morgan fingerprint density at radius 1 is 1.29 bits per heavy atom. The van der Waals surface area contributed by atoms with Crippen molar-refractivity contribution in [1.82, 2.24) is 4.98 Å². The number of carbonyl (C=O) groups excluding carboxylic acids is 1. The average molecular weight is 315 g/mol. The minimum absolute atomic E-state index is 0.0165. The van der Waals surface area contributed by atoms with Crippen LogP contribution in [0.25, 0.3) is 0 Å². The molecule has 3 rings (SSSR count). The number of halogens is 1. The van der Waals surface area contributed by atoms with Crippen molar-refractivity contribution in [2.45, 2.75) is 43.4 Å². The third-order valence-electron chi connectivity index (χ3n) is 3.44. The smallest absolute Gasteiger partial charge is 0.242 e. The summed E-state index contributed by atoms with van der Waals surface area (Å²) in [5, 5.41) is 0.922. The van der Waals surface area contributed by atoms with Crippen LogP contribution >= 0.6 is 27.3 Å². The molecule has 1 amide bonds. The van der Waals surface area contributed by atoms with E-state index in [0.29, 0.717) is 0 Å². The SMILES string of the molecule is O=C1C(Br)CCCN1c1nc2c(s1)CCCC2. The van der Waals surface area contributed by atoms with E-state index in [1.807, 2.05) is 4.90 Å². The molecule has 3 nitrogen and oxygen atoms in total. The molecule has 1 aliphatic carbocycles. The number of alkyl halides is 1. The molecule has 1 unspecified atom stereocenters. The zero-order valence-corrected chi connectivity index (χ0v) is 12.0. The second kappa shape index (κ2) is 4.69. The van der Waals surface area contributed by atoms with Gasteiger partial charge in [-0.3, -0.25) is 9.69 Å². The number of nitrogens with zero attached hydrogens (tertiary/aromatic N) is 2. The first-order valence-corrected chi connectivity index (χ1v) is 7.93. The number of rotatable bonds is 1. The Labute approximate surface area is 113 Å². The molecule has 0 saturated carbocycles. The highest BCUT2D eigenvalue weighted by molar-refractivity contribution is 9.10. The van der Waals surface area contributed by atoms with Gasteiger partial charge in [0.05, 0.1) is 10.5 Å². The number of amides is 1. The maximum atomic E-state index is 12.1. The van der Waals surface area contributed by atoms with Gasteiger partial charge in [0.15, 0.2) is 5.13 Å². The van der Waals surface area contributed by atoms with E-state index >= 15 is 0 Å². The topological polar surface area (TPSA) is 33.2 Å². The summed E-state index contributed by atoms with van der Waals surface area (Å²) >= 11 is 5.17. The molecule has 0 aromatic carbocycles. The number of piperidine rings is 1. The molecule has 1 fully saturated rings. The van der Waals surface area contributed by atoms with Gasteiger partial charge in [-0.1, -0.05) is 15.9 Å². The van der Waals surface area contributed by atoms with Crippen LogP contribution in [0.4, 0.5) is 5.13 Å². The lowest BCUT2D eigenvalue weighted by molar-refractivity contribution is -0.118. The summed E-state index contributed by atoms with van der Waals surface area (Å²) in [6, 6.07) is 0.